The van der Waals surface area contributed by atoms with Crippen molar-refractivity contribution >= 4 is 0 Å². The molecule has 2 N–H and O–H groups in total. The summed E-state index contributed by atoms with van der Waals surface area (Å²) in [4.78, 5) is 0. The molecule has 0 aromatic heterocycles. The number of nitrogens with one attached hydrogen (secondary N) is 1. The summed E-state index contributed by atoms with van der Waals surface area (Å²) in [7, 11) is 0. The molecule has 1 atom stereocenters. The number of hydrogen-bond acceptors (Lipinski definition) is 2. The monoisotopic (exact) mass is 251 g/mol. The normalized spacial score (nSPS) is 13.7. The van der Waals surface area contributed by atoms with E-state index in [1.807, 2.05) is 0 Å². The van der Waals surface area contributed by atoms with Gasteiger partial charge in [-0.2, -0.15) is 13.2 Å². The average molecular weight is 251 g/mol. The molecule has 1 aromatic carbocycles. The van der Waals surface area contributed by atoms with Gasteiger partial charge in [-0.05, 0) is 17.7 Å². The van der Waals surface area contributed by atoms with Crippen molar-refractivity contribution in [2.24, 2.45) is 0 Å². The second kappa shape index (κ2) is 5.97. The van der Waals surface area contributed by atoms with Gasteiger partial charge >= 0.3 is 6.18 Å². The van der Waals surface area contributed by atoms with Gasteiger partial charge in [0.25, 0.3) is 0 Å². The van der Waals surface area contributed by atoms with Crippen LogP contribution in [0, 0.1) is 5.82 Å². The van der Waals surface area contributed by atoms with Gasteiger partial charge in [-0.15, -0.1) is 0 Å². The van der Waals surface area contributed by atoms with Gasteiger partial charge in [-0.25, -0.2) is 4.39 Å². The third-order valence-corrected chi connectivity index (χ3v) is 2.21. The van der Waals surface area contributed by atoms with Crippen molar-refractivity contribution in [3.8, 4) is 0 Å². The first-order valence-corrected chi connectivity index (χ1v) is 5.09. The zero-order valence-corrected chi connectivity index (χ0v) is 8.97. The summed E-state index contributed by atoms with van der Waals surface area (Å²) in [5, 5.41) is 11.2. The molecular formula is C11H13F4NO. The van der Waals surface area contributed by atoms with Crippen LogP contribution in [0.2, 0.25) is 0 Å². The van der Waals surface area contributed by atoms with Crippen LogP contribution < -0.4 is 5.32 Å². The first-order chi connectivity index (χ1) is 7.92. The lowest BCUT2D eigenvalue weighted by Crippen LogP contribution is -2.28. The number of benzene rings is 1. The van der Waals surface area contributed by atoms with Crippen LogP contribution in [-0.2, 0) is 0 Å². The van der Waals surface area contributed by atoms with Crippen molar-refractivity contribution in [2.75, 3.05) is 13.2 Å². The molecular weight excluding hydrogens is 238 g/mol. The van der Waals surface area contributed by atoms with E-state index in [1.54, 1.807) is 0 Å². The molecule has 2 nitrogen and oxygen atoms in total. The summed E-state index contributed by atoms with van der Waals surface area (Å²) < 4.78 is 49.6. The van der Waals surface area contributed by atoms with Gasteiger partial charge in [-0.3, -0.25) is 0 Å². The van der Waals surface area contributed by atoms with E-state index < -0.39 is 24.5 Å². The fourth-order valence-electron chi connectivity index (χ4n) is 1.47. The van der Waals surface area contributed by atoms with Crippen molar-refractivity contribution in [1.82, 2.24) is 5.32 Å². The van der Waals surface area contributed by atoms with Crippen molar-refractivity contribution < 1.29 is 22.7 Å². The Morgan fingerprint density at radius 1 is 1.18 bits per heavy atom. The standard InChI is InChI=1S/C11H13F4NO/c12-9-3-1-8(2-4-9)10(16-5-6-17)7-11(13,14)15/h1-4,10,16-17H,5-7H2. The molecule has 17 heavy (non-hydrogen) atoms. The van der Waals surface area contributed by atoms with Crippen LogP contribution in [0.3, 0.4) is 0 Å². The molecule has 0 aliphatic carbocycles. The highest BCUT2D eigenvalue weighted by atomic mass is 19.4. The fraction of sp³-hybridized carbons (Fsp3) is 0.455. The van der Waals surface area contributed by atoms with E-state index >= 15 is 0 Å². The molecule has 96 valence electrons. The Morgan fingerprint density at radius 2 is 1.76 bits per heavy atom. The highest BCUT2D eigenvalue weighted by molar-refractivity contribution is 5.20. The first-order valence-electron chi connectivity index (χ1n) is 5.09. The SMILES string of the molecule is OCCNC(CC(F)(F)F)c1ccc(F)cc1. The van der Waals surface area contributed by atoms with E-state index in [-0.39, 0.29) is 13.2 Å². The number of aliphatic hydroxyl groups is 1. The van der Waals surface area contributed by atoms with Crippen molar-refractivity contribution in [2.45, 2.75) is 18.6 Å². The van der Waals surface area contributed by atoms with Crippen LogP contribution in [0.15, 0.2) is 24.3 Å². The van der Waals surface area contributed by atoms with E-state index in [4.69, 9.17) is 5.11 Å². The Balaban J connectivity index is 2.78. The van der Waals surface area contributed by atoms with Crippen LogP contribution in [0.4, 0.5) is 17.6 Å². The van der Waals surface area contributed by atoms with Gasteiger partial charge in [0.05, 0.1) is 13.0 Å². The minimum absolute atomic E-state index is 0.0537. The van der Waals surface area contributed by atoms with Crippen LogP contribution in [0.1, 0.15) is 18.0 Å². The van der Waals surface area contributed by atoms with E-state index in [0.29, 0.717) is 5.56 Å². The third kappa shape index (κ3) is 5.14. The second-order valence-corrected chi connectivity index (χ2v) is 3.60. The highest BCUT2D eigenvalue weighted by Gasteiger charge is 2.32. The van der Waals surface area contributed by atoms with E-state index in [9.17, 15) is 17.6 Å². The quantitative estimate of drug-likeness (QED) is 0.788. The zero-order valence-electron chi connectivity index (χ0n) is 8.97. The summed E-state index contributed by atoms with van der Waals surface area (Å²) in [5.74, 6) is -0.498. The number of aliphatic hydroxyl groups excluding tert-OH is 1. The highest BCUT2D eigenvalue weighted by Crippen LogP contribution is 2.29. The lowest BCUT2D eigenvalue weighted by atomic mass is 10.0. The van der Waals surface area contributed by atoms with Gasteiger partial charge in [0.15, 0.2) is 0 Å². The topological polar surface area (TPSA) is 32.3 Å². The second-order valence-electron chi connectivity index (χ2n) is 3.60. The van der Waals surface area contributed by atoms with E-state index in [0.717, 1.165) is 12.1 Å². The van der Waals surface area contributed by atoms with E-state index in [1.165, 1.54) is 12.1 Å². The average Bonchev–Trinajstić information content (AvgIpc) is 2.24. The Hall–Kier alpha value is -1.14. The molecule has 1 rings (SSSR count). The van der Waals surface area contributed by atoms with Crippen LogP contribution in [0.25, 0.3) is 0 Å². The molecule has 0 aliphatic rings. The molecule has 0 aliphatic heterocycles. The molecule has 0 fully saturated rings. The smallest absolute Gasteiger partial charge is 0.390 e. The maximum absolute atomic E-state index is 12.7. The molecule has 1 aromatic rings. The fourth-order valence-corrected chi connectivity index (χ4v) is 1.47. The zero-order chi connectivity index (χ0) is 12.9. The predicted octanol–water partition coefficient (Wildman–Crippen LogP) is 2.40. The van der Waals surface area contributed by atoms with E-state index in [2.05, 4.69) is 5.32 Å². The lowest BCUT2D eigenvalue weighted by Gasteiger charge is -2.20. The predicted molar refractivity (Wildman–Crippen MR) is 54.9 cm³/mol. The van der Waals surface area contributed by atoms with Gasteiger partial charge < -0.3 is 10.4 Å². The molecule has 0 bridgehead atoms. The minimum atomic E-state index is -4.32. The number of hydrogen-bond donors (Lipinski definition) is 2. The van der Waals surface area contributed by atoms with Gasteiger partial charge in [-0.1, -0.05) is 12.1 Å². The Labute approximate surface area is 96.3 Å². The summed E-state index contributed by atoms with van der Waals surface area (Å²) in [6, 6.07) is 3.85. The van der Waals surface area contributed by atoms with Gasteiger partial charge in [0.1, 0.15) is 5.82 Å². The molecule has 0 heterocycles. The number of rotatable bonds is 5. The van der Waals surface area contributed by atoms with Gasteiger partial charge in [0, 0.05) is 12.6 Å². The lowest BCUT2D eigenvalue weighted by molar-refractivity contribution is -0.140. The maximum atomic E-state index is 12.7. The first kappa shape index (κ1) is 13.9. The molecule has 0 saturated heterocycles. The Bertz CT molecular complexity index is 336. The summed E-state index contributed by atoms with van der Waals surface area (Å²) in [6.45, 7) is -0.201. The van der Waals surface area contributed by atoms with Crippen LogP contribution >= 0.6 is 0 Å². The Kier molecular flexibility index (Phi) is 4.89. The van der Waals surface area contributed by atoms with Gasteiger partial charge in [0.2, 0.25) is 0 Å². The molecule has 0 spiro atoms. The maximum Gasteiger partial charge on any atom is 0.390 e. The van der Waals surface area contributed by atoms with Crippen LogP contribution in [0.5, 0.6) is 0 Å². The van der Waals surface area contributed by atoms with Crippen LogP contribution in [-0.4, -0.2) is 24.4 Å². The molecule has 0 saturated carbocycles. The molecule has 0 radical (unpaired) electrons. The largest absolute Gasteiger partial charge is 0.395 e. The molecule has 6 heteroatoms. The van der Waals surface area contributed by atoms with Crippen molar-refractivity contribution in [1.29, 1.82) is 0 Å². The number of halogens is 4. The summed E-state index contributed by atoms with van der Waals surface area (Å²) in [5.41, 5.74) is 0.345. The van der Waals surface area contributed by atoms with Crippen molar-refractivity contribution in [3.05, 3.63) is 35.6 Å². The number of alkyl halides is 3. The molecule has 1 unspecified atom stereocenters. The Morgan fingerprint density at radius 3 is 2.24 bits per heavy atom. The third-order valence-electron chi connectivity index (χ3n) is 2.21. The minimum Gasteiger partial charge on any atom is -0.395 e. The molecule has 0 amide bonds. The summed E-state index contributed by atoms with van der Waals surface area (Å²) >= 11 is 0. The summed E-state index contributed by atoms with van der Waals surface area (Å²) in [6.07, 6.45) is -5.37. The van der Waals surface area contributed by atoms with Crippen molar-refractivity contribution in [3.63, 3.8) is 0 Å².